The summed E-state index contributed by atoms with van der Waals surface area (Å²) in [6, 6.07) is 6.37. The molecule has 0 N–H and O–H groups in total. The van der Waals surface area contributed by atoms with E-state index >= 15 is 0 Å². The molecule has 0 aliphatic rings. The third-order valence-electron chi connectivity index (χ3n) is 2.27. The molecular formula is C13H19N. The van der Waals surface area contributed by atoms with E-state index in [0.29, 0.717) is 0 Å². The van der Waals surface area contributed by atoms with E-state index in [1.54, 1.807) is 0 Å². The van der Waals surface area contributed by atoms with Gasteiger partial charge in [-0.3, -0.25) is 4.99 Å². The monoisotopic (exact) mass is 189 g/mol. The molecule has 1 aromatic carbocycles. The van der Waals surface area contributed by atoms with Gasteiger partial charge in [-0.25, -0.2) is 0 Å². The Morgan fingerprint density at radius 1 is 1.29 bits per heavy atom. The van der Waals surface area contributed by atoms with Crippen LogP contribution < -0.4 is 0 Å². The Bertz CT molecular complexity index is 313. The molecule has 0 atom stereocenters. The standard InChI is InChI=1S/C13H19N/c1-4-5-6-9-14-13-8-7-11(2)10-12(13)3/h7-10H,4-6H2,1-3H3. The van der Waals surface area contributed by atoms with Crippen LogP contribution in [0.4, 0.5) is 5.69 Å². The van der Waals surface area contributed by atoms with Gasteiger partial charge in [0.1, 0.15) is 0 Å². The summed E-state index contributed by atoms with van der Waals surface area (Å²) < 4.78 is 0. The van der Waals surface area contributed by atoms with Crippen LogP contribution in [0.1, 0.15) is 37.3 Å². The van der Waals surface area contributed by atoms with E-state index in [4.69, 9.17) is 0 Å². The first-order chi connectivity index (χ1) is 6.74. The molecule has 0 amide bonds. The molecule has 1 aromatic rings. The lowest BCUT2D eigenvalue weighted by molar-refractivity contribution is 0.842. The molecule has 14 heavy (non-hydrogen) atoms. The first-order valence-corrected chi connectivity index (χ1v) is 5.34. The van der Waals surface area contributed by atoms with Crippen molar-refractivity contribution in [1.29, 1.82) is 0 Å². The topological polar surface area (TPSA) is 12.4 Å². The molecule has 0 fully saturated rings. The van der Waals surface area contributed by atoms with Crippen molar-refractivity contribution < 1.29 is 0 Å². The highest BCUT2D eigenvalue weighted by molar-refractivity contribution is 5.64. The van der Waals surface area contributed by atoms with Crippen LogP contribution >= 0.6 is 0 Å². The maximum Gasteiger partial charge on any atom is 0.0655 e. The summed E-state index contributed by atoms with van der Waals surface area (Å²) >= 11 is 0. The first-order valence-electron chi connectivity index (χ1n) is 5.34. The van der Waals surface area contributed by atoms with E-state index < -0.39 is 0 Å². The molecule has 0 aromatic heterocycles. The Balaban J connectivity index is 2.62. The number of aliphatic imine (C=N–C) groups is 1. The summed E-state index contributed by atoms with van der Waals surface area (Å²) in [5, 5.41) is 0. The molecule has 1 nitrogen and oxygen atoms in total. The van der Waals surface area contributed by atoms with Crippen LogP contribution in [0.25, 0.3) is 0 Å². The predicted molar refractivity (Wildman–Crippen MR) is 63.6 cm³/mol. The van der Waals surface area contributed by atoms with E-state index in [0.717, 1.165) is 12.1 Å². The minimum Gasteiger partial charge on any atom is -0.261 e. The van der Waals surface area contributed by atoms with Gasteiger partial charge in [-0.15, -0.1) is 0 Å². The second-order valence-electron chi connectivity index (χ2n) is 3.74. The van der Waals surface area contributed by atoms with Gasteiger partial charge >= 0.3 is 0 Å². The number of hydrogen-bond acceptors (Lipinski definition) is 1. The fourth-order valence-electron chi connectivity index (χ4n) is 1.41. The lowest BCUT2D eigenvalue weighted by Gasteiger charge is -2.00. The zero-order chi connectivity index (χ0) is 10.4. The lowest BCUT2D eigenvalue weighted by Crippen LogP contribution is -1.79. The number of unbranched alkanes of at least 4 members (excludes halogenated alkanes) is 2. The molecule has 0 aliphatic carbocycles. The summed E-state index contributed by atoms with van der Waals surface area (Å²) in [7, 11) is 0. The first kappa shape index (κ1) is 11.0. The zero-order valence-corrected chi connectivity index (χ0v) is 9.38. The van der Waals surface area contributed by atoms with Gasteiger partial charge in [0.05, 0.1) is 5.69 Å². The maximum atomic E-state index is 4.46. The van der Waals surface area contributed by atoms with Crippen molar-refractivity contribution in [2.75, 3.05) is 0 Å². The van der Waals surface area contributed by atoms with Crippen LogP contribution in [0.5, 0.6) is 0 Å². The average molecular weight is 189 g/mol. The summed E-state index contributed by atoms with van der Waals surface area (Å²) in [5.41, 5.74) is 3.67. The smallest absolute Gasteiger partial charge is 0.0655 e. The van der Waals surface area contributed by atoms with Gasteiger partial charge < -0.3 is 0 Å². The third-order valence-corrected chi connectivity index (χ3v) is 2.27. The second-order valence-corrected chi connectivity index (χ2v) is 3.74. The quantitative estimate of drug-likeness (QED) is 0.497. The van der Waals surface area contributed by atoms with E-state index in [1.165, 1.54) is 24.0 Å². The van der Waals surface area contributed by atoms with E-state index in [1.807, 2.05) is 6.21 Å². The van der Waals surface area contributed by atoms with Crippen LogP contribution in [0.2, 0.25) is 0 Å². The zero-order valence-electron chi connectivity index (χ0n) is 9.38. The minimum atomic E-state index is 1.09. The Morgan fingerprint density at radius 2 is 2.07 bits per heavy atom. The van der Waals surface area contributed by atoms with Crippen LogP contribution in [0.3, 0.4) is 0 Å². The molecule has 0 aliphatic heterocycles. The van der Waals surface area contributed by atoms with Crippen molar-refractivity contribution in [2.24, 2.45) is 4.99 Å². The highest BCUT2D eigenvalue weighted by Gasteiger charge is 1.94. The highest BCUT2D eigenvalue weighted by Crippen LogP contribution is 2.18. The number of benzene rings is 1. The van der Waals surface area contributed by atoms with E-state index in [2.05, 4.69) is 44.0 Å². The Labute approximate surface area is 86.9 Å². The highest BCUT2D eigenvalue weighted by atomic mass is 14.7. The molecule has 0 bridgehead atoms. The average Bonchev–Trinajstić information content (AvgIpc) is 2.15. The summed E-state index contributed by atoms with van der Waals surface area (Å²) in [5.74, 6) is 0. The summed E-state index contributed by atoms with van der Waals surface area (Å²) in [6.07, 6.45) is 5.58. The molecule has 1 heteroatoms. The van der Waals surface area contributed by atoms with Crippen molar-refractivity contribution in [2.45, 2.75) is 40.0 Å². The molecule has 0 heterocycles. The fraction of sp³-hybridized carbons (Fsp3) is 0.462. The van der Waals surface area contributed by atoms with Crippen LogP contribution in [0, 0.1) is 13.8 Å². The summed E-state index contributed by atoms with van der Waals surface area (Å²) in [4.78, 5) is 4.46. The van der Waals surface area contributed by atoms with E-state index in [-0.39, 0.29) is 0 Å². The lowest BCUT2D eigenvalue weighted by atomic mass is 10.1. The molecule has 0 saturated heterocycles. The maximum absolute atomic E-state index is 4.46. The molecule has 0 radical (unpaired) electrons. The van der Waals surface area contributed by atoms with Gasteiger partial charge in [-0.2, -0.15) is 0 Å². The van der Waals surface area contributed by atoms with Gasteiger partial charge in [0.25, 0.3) is 0 Å². The molecule has 76 valence electrons. The summed E-state index contributed by atoms with van der Waals surface area (Å²) in [6.45, 7) is 6.42. The van der Waals surface area contributed by atoms with Crippen LogP contribution in [-0.4, -0.2) is 6.21 Å². The van der Waals surface area contributed by atoms with Gasteiger partial charge in [0, 0.05) is 6.21 Å². The largest absolute Gasteiger partial charge is 0.261 e. The SMILES string of the molecule is CCCCC=Nc1ccc(C)cc1C. The molecular weight excluding hydrogens is 170 g/mol. The number of hydrogen-bond donors (Lipinski definition) is 0. The predicted octanol–water partition coefficient (Wildman–Crippen LogP) is 4.20. The Kier molecular flexibility index (Phi) is 4.37. The Morgan fingerprint density at radius 3 is 2.71 bits per heavy atom. The normalized spacial score (nSPS) is 11.1. The number of aryl methyl sites for hydroxylation is 2. The minimum absolute atomic E-state index is 1.09. The van der Waals surface area contributed by atoms with Gasteiger partial charge in [0.2, 0.25) is 0 Å². The van der Waals surface area contributed by atoms with Crippen LogP contribution in [0.15, 0.2) is 23.2 Å². The number of nitrogens with zero attached hydrogens (tertiary/aromatic N) is 1. The van der Waals surface area contributed by atoms with Gasteiger partial charge in [0.15, 0.2) is 0 Å². The molecule has 0 saturated carbocycles. The Hall–Kier alpha value is -1.11. The van der Waals surface area contributed by atoms with Crippen molar-refractivity contribution in [3.05, 3.63) is 29.3 Å². The van der Waals surface area contributed by atoms with Crippen molar-refractivity contribution in [3.8, 4) is 0 Å². The molecule has 0 unspecified atom stereocenters. The fourth-order valence-corrected chi connectivity index (χ4v) is 1.41. The number of rotatable bonds is 4. The third kappa shape index (κ3) is 3.33. The molecule has 1 rings (SSSR count). The molecule has 0 spiro atoms. The van der Waals surface area contributed by atoms with Crippen molar-refractivity contribution in [3.63, 3.8) is 0 Å². The van der Waals surface area contributed by atoms with Gasteiger partial charge in [-0.05, 0) is 38.3 Å². The van der Waals surface area contributed by atoms with E-state index in [9.17, 15) is 0 Å². The van der Waals surface area contributed by atoms with Crippen molar-refractivity contribution >= 4 is 11.9 Å². The van der Waals surface area contributed by atoms with Gasteiger partial charge in [-0.1, -0.05) is 31.0 Å². The van der Waals surface area contributed by atoms with Crippen molar-refractivity contribution in [1.82, 2.24) is 0 Å². The van der Waals surface area contributed by atoms with Crippen LogP contribution in [-0.2, 0) is 0 Å². The second kappa shape index (κ2) is 5.58.